The van der Waals surface area contributed by atoms with E-state index >= 15 is 0 Å². The molecule has 0 N–H and O–H groups in total. The number of methoxy groups -OCH3 is 1. The average molecular weight is 392 g/mol. The number of rotatable bonds is 5. The molecule has 1 aromatic carbocycles. The van der Waals surface area contributed by atoms with Crippen LogP contribution in [0.15, 0.2) is 29.8 Å². The molecule has 0 heterocycles. The lowest BCUT2D eigenvalue weighted by Crippen LogP contribution is -2.43. The van der Waals surface area contributed by atoms with E-state index in [1.165, 1.54) is 7.11 Å². The van der Waals surface area contributed by atoms with Gasteiger partial charge in [-0.2, -0.15) is 0 Å². The predicted octanol–water partition coefficient (Wildman–Crippen LogP) is 2.99. The number of nitro benzene ring substituents is 2. The Hall–Kier alpha value is -3.14. The zero-order chi connectivity index (χ0) is 21.2. The molecule has 10 heteroatoms. The van der Waals surface area contributed by atoms with Crippen LogP contribution < -0.4 is 0 Å². The fourth-order valence-electron chi connectivity index (χ4n) is 3.08. The van der Waals surface area contributed by atoms with Crippen molar-refractivity contribution in [1.29, 1.82) is 0 Å². The molecule has 0 radical (unpaired) electrons. The molecule has 0 spiro atoms. The lowest BCUT2D eigenvalue weighted by Gasteiger charge is -2.35. The second kappa shape index (κ2) is 7.85. The zero-order valence-corrected chi connectivity index (χ0v) is 15.8. The molecule has 0 aliphatic heterocycles. The van der Waals surface area contributed by atoms with Gasteiger partial charge >= 0.3 is 5.97 Å². The number of allylic oxidation sites excluding steroid dienone is 1. The summed E-state index contributed by atoms with van der Waals surface area (Å²) in [5, 5.41) is 22.1. The minimum Gasteiger partial charge on any atom is -0.455 e. The predicted molar refractivity (Wildman–Crippen MR) is 96.9 cm³/mol. The van der Waals surface area contributed by atoms with Crippen LogP contribution in [0.4, 0.5) is 11.4 Å². The molecule has 0 fully saturated rings. The van der Waals surface area contributed by atoms with E-state index < -0.39 is 50.4 Å². The number of esters is 1. The van der Waals surface area contributed by atoms with Gasteiger partial charge in [-0.3, -0.25) is 25.0 Å². The highest BCUT2D eigenvalue weighted by Gasteiger charge is 2.43. The summed E-state index contributed by atoms with van der Waals surface area (Å²) in [6.07, 6.45) is 0.0121. The molecule has 0 amide bonds. The molecule has 0 saturated carbocycles. The van der Waals surface area contributed by atoms with Gasteiger partial charge in [-0.05, 0) is 24.6 Å². The first-order valence-electron chi connectivity index (χ1n) is 8.36. The van der Waals surface area contributed by atoms with Crippen molar-refractivity contribution < 1.29 is 28.9 Å². The standard InChI is InChI=1S/C18H20N2O8/c1-10-7-15(27-4)16(18(2,3)9-14(10)21)28-17(22)12-6-5-11(19(23)24)8-13(12)20(25)26/h5-8,15-16H,9H2,1-4H3. The molecular weight excluding hydrogens is 372 g/mol. The van der Waals surface area contributed by atoms with Crippen molar-refractivity contribution in [2.75, 3.05) is 7.11 Å². The van der Waals surface area contributed by atoms with Crippen molar-refractivity contribution in [3.63, 3.8) is 0 Å². The summed E-state index contributed by atoms with van der Waals surface area (Å²) < 4.78 is 10.9. The normalized spacial score (nSPS) is 21.4. The van der Waals surface area contributed by atoms with Gasteiger partial charge in [0, 0.05) is 25.0 Å². The maximum Gasteiger partial charge on any atom is 0.345 e. The Morgan fingerprint density at radius 3 is 2.39 bits per heavy atom. The molecule has 0 aromatic heterocycles. The zero-order valence-electron chi connectivity index (χ0n) is 15.8. The van der Waals surface area contributed by atoms with Gasteiger partial charge in [-0.1, -0.05) is 13.8 Å². The first-order valence-corrected chi connectivity index (χ1v) is 8.36. The number of benzene rings is 1. The fraction of sp³-hybridized carbons (Fsp3) is 0.444. The number of carbonyl (C=O) groups excluding carboxylic acids is 2. The van der Waals surface area contributed by atoms with Gasteiger partial charge in [0.25, 0.3) is 11.4 Å². The molecular formula is C18H20N2O8. The smallest absolute Gasteiger partial charge is 0.345 e. The van der Waals surface area contributed by atoms with Crippen LogP contribution in [-0.2, 0) is 14.3 Å². The topological polar surface area (TPSA) is 139 Å². The molecule has 28 heavy (non-hydrogen) atoms. The van der Waals surface area contributed by atoms with Crippen LogP contribution in [0.3, 0.4) is 0 Å². The number of Topliss-reactive ketones (excluding diaryl/α,β-unsaturated/α-hetero) is 1. The van der Waals surface area contributed by atoms with E-state index in [0.717, 1.165) is 12.1 Å². The van der Waals surface area contributed by atoms with Gasteiger partial charge in [0.05, 0.1) is 15.9 Å². The third-order valence-electron chi connectivity index (χ3n) is 4.65. The highest BCUT2D eigenvalue weighted by Crippen LogP contribution is 2.37. The highest BCUT2D eigenvalue weighted by molar-refractivity contribution is 5.96. The average Bonchev–Trinajstić information content (AvgIpc) is 2.69. The van der Waals surface area contributed by atoms with Crippen LogP contribution in [0.2, 0.25) is 0 Å². The van der Waals surface area contributed by atoms with Gasteiger partial charge in [-0.25, -0.2) is 4.79 Å². The van der Waals surface area contributed by atoms with Crippen LogP contribution in [-0.4, -0.2) is 40.9 Å². The fourth-order valence-corrected chi connectivity index (χ4v) is 3.08. The molecule has 1 aromatic rings. The Morgan fingerprint density at radius 1 is 1.21 bits per heavy atom. The van der Waals surface area contributed by atoms with Gasteiger partial charge in [0.15, 0.2) is 5.78 Å². The minimum absolute atomic E-state index is 0.0928. The summed E-state index contributed by atoms with van der Waals surface area (Å²) in [6.45, 7) is 5.09. The molecule has 1 aliphatic rings. The molecule has 150 valence electrons. The summed E-state index contributed by atoms with van der Waals surface area (Å²) in [5.41, 5.74) is -2.01. The van der Waals surface area contributed by atoms with Gasteiger partial charge < -0.3 is 9.47 Å². The molecule has 2 rings (SSSR count). The van der Waals surface area contributed by atoms with E-state index in [1.54, 1.807) is 26.8 Å². The third-order valence-corrected chi connectivity index (χ3v) is 4.65. The monoisotopic (exact) mass is 392 g/mol. The minimum atomic E-state index is -1.03. The lowest BCUT2D eigenvalue weighted by molar-refractivity contribution is -0.394. The van der Waals surface area contributed by atoms with Crippen LogP contribution >= 0.6 is 0 Å². The second-order valence-corrected chi connectivity index (χ2v) is 7.18. The molecule has 0 saturated heterocycles. The summed E-state index contributed by atoms with van der Waals surface area (Å²) in [4.78, 5) is 45.4. The van der Waals surface area contributed by atoms with Crippen LogP contribution in [0.25, 0.3) is 0 Å². The Kier molecular flexibility index (Phi) is 5.93. The molecule has 2 unspecified atom stereocenters. The van der Waals surface area contributed by atoms with E-state index in [1.807, 2.05) is 0 Å². The van der Waals surface area contributed by atoms with Gasteiger partial charge in [-0.15, -0.1) is 0 Å². The van der Waals surface area contributed by atoms with Crippen molar-refractivity contribution in [2.45, 2.75) is 39.4 Å². The first-order chi connectivity index (χ1) is 13.0. The molecule has 1 aliphatic carbocycles. The third kappa shape index (κ3) is 4.22. The second-order valence-electron chi connectivity index (χ2n) is 7.18. The Morgan fingerprint density at radius 2 is 1.86 bits per heavy atom. The number of ether oxygens (including phenoxy) is 2. The summed E-state index contributed by atoms with van der Waals surface area (Å²) in [5.74, 6) is -1.14. The number of ketones is 1. The Balaban J connectivity index is 2.43. The SMILES string of the molecule is COC1C=C(C)C(=O)CC(C)(C)C1OC(=O)c1ccc([N+](=O)[O-])cc1[N+](=O)[O-]. The van der Waals surface area contributed by atoms with Crippen molar-refractivity contribution >= 4 is 23.1 Å². The Labute approximate surface area is 160 Å². The van der Waals surface area contributed by atoms with Crippen LogP contribution in [0, 0.1) is 25.6 Å². The molecule has 2 atom stereocenters. The molecule has 10 nitrogen and oxygen atoms in total. The van der Waals surface area contributed by atoms with Crippen molar-refractivity contribution in [2.24, 2.45) is 5.41 Å². The number of hydrogen-bond acceptors (Lipinski definition) is 8. The van der Waals surface area contributed by atoms with Crippen LogP contribution in [0.5, 0.6) is 0 Å². The van der Waals surface area contributed by atoms with E-state index in [9.17, 15) is 29.8 Å². The Bertz CT molecular complexity index is 874. The van der Waals surface area contributed by atoms with E-state index in [4.69, 9.17) is 9.47 Å². The van der Waals surface area contributed by atoms with Crippen LogP contribution in [0.1, 0.15) is 37.6 Å². The largest absolute Gasteiger partial charge is 0.455 e. The highest BCUT2D eigenvalue weighted by atomic mass is 16.6. The van der Waals surface area contributed by atoms with Crippen molar-refractivity contribution in [1.82, 2.24) is 0 Å². The maximum atomic E-state index is 12.7. The first kappa shape index (κ1) is 21.2. The van der Waals surface area contributed by atoms with Crippen molar-refractivity contribution in [3.8, 4) is 0 Å². The summed E-state index contributed by atoms with van der Waals surface area (Å²) >= 11 is 0. The number of nitro groups is 2. The van der Waals surface area contributed by atoms with Gasteiger partial charge in [0.1, 0.15) is 17.8 Å². The number of nitrogens with zero attached hydrogens (tertiary/aromatic N) is 2. The summed E-state index contributed by atoms with van der Waals surface area (Å²) in [7, 11) is 1.40. The number of hydrogen-bond donors (Lipinski definition) is 0. The number of carbonyl (C=O) groups is 2. The van der Waals surface area contributed by atoms with E-state index in [0.29, 0.717) is 11.6 Å². The van der Waals surface area contributed by atoms with E-state index in [2.05, 4.69) is 0 Å². The molecule has 0 bridgehead atoms. The van der Waals surface area contributed by atoms with Crippen molar-refractivity contribution in [3.05, 3.63) is 55.6 Å². The maximum absolute atomic E-state index is 12.7. The number of non-ortho nitro benzene ring substituents is 1. The quantitative estimate of drug-likeness (QED) is 0.423. The van der Waals surface area contributed by atoms with Gasteiger partial charge in [0.2, 0.25) is 0 Å². The lowest BCUT2D eigenvalue weighted by atomic mass is 9.80. The van der Waals surface area contributed by atoms with E-state index in [-0.39, 0.29) is 12.2 Å². The summed E-state index contributed by atoms with van der Waals surface area (Å²) in [6, 6.07) is 2.68.